The predicted molar refractivity (Wildman–Crippen MR) is 54.4 cm³/mol. The maximum atomic E-state index is 5.63. The molecule has 6 heteroatoms. The van der Waals surface area contributed by atoms with Crippen LogP contribution < -0.4 is 5.73 Å². The van der Waals surface area contributed by atoms with E-state index in [4.69, 9.17) is 26.2 Å². The van der Waals surface area contributed by atoms with Gasteiger partial charge in [0.05, 0.1) is 0 Å². The van der Waals surface area contributed by atoms with E-state index < -0.39 is 0 Å². The minimum absolute atomic E-state index is 0.298. The minimum atomic E-state index is 0.298. The molecule has 0 saturated carbocycles. The highest BCUT2D eigenvalue weighted by Gasteiger charge is 2.11. The van der Waals surface area contributed by atoms with Crippen LogP contribution in [0.3, 0.4) is 0 Å². The van der Waals surface area contributed by atoms with Gasteiger partial charge >= 0.3 is 0 Å². The van der Waals surface area contributed by atoms with Gasteiger partial charge in [0.1, 0.15) is 0 Å². The van der Waals surface area contributed by atoms with Crippen molar-refractivity contribution in [1.29, 1.82) is 0 Å². The van der Waals surface area contributed by atoms with Crippen molar-refractivity contribution in [1.82, 2.24) is 10.2 Å². The number of nitrogens with zero attached hydrogens (tertiary/aromatic N) is 2. The van der Waals surface area contributed by atoms with Gasteiger partial charge in [0, 0.05) is 6.42 Å². The van der Waals surface area contributed by atoms with Crippen LogP contribution in [-0.4, -0.2) is 16.7 Å². The fourth-order valence-electron chi connectivity index (χ4n) is 1.14. The molecule has 0 saturated heterocycles. The molecule has 0 unspecified atom stereocenters. The number of nitrogens with two attached hydrogens (primary N) is 1. The zero-order valence-corrected chi connectivity index (χ0v) is 8.70. The Hall–Kier alpha value is -1.33. The average molecular weight is 228 g/mol. The normalized spacial score (nSPS) is 10.8. The second-order valence-corrected chi connectivity index (χ2v) is 3.37. The van der Waals surface area contributed by atoms with Gasteiger partial charge in [-0.2, -0.15) is 0 Å². The zero-order valence-electron chi connectivity index (χ0n) is 7.94. The summed E-state index contributed by atoms with van der Waals surface area (Å²) in [4.78, 5) is 0. The van der Waals surface area contributed by atoms with Crippen LogP contribution in [0.15, 0.2) is 21.0 Å². The molecule has 2 N–H and O–H groups in total. The molecule has 2 aromatic heterocycles. The van der Waals surface area contributed by atoms with Crippen molar-refractivity contribution in [2.75, 3.05) is 6.54 Å². The number of aromatic nitrogens is 2. The fraction of sp³-hybridized carbons (Fsp3) is 0.333. The first-order valence-corrected chi connectivity index (χ1v) is 4.95. The second kappa shape index (κ2) is 4.46. The van der Waals surface area contributed by atoms with Crippen LogP contribution in [0.25, 0.3) is 11.7 Å². The Bertz CT molecular complexity index is 438. The molecule has 80 valence electrons. The molecule has 0 aliphatic carbocycles. The number of hydrogen-bond donors (Lipinski definition) is 1. The minimum Gasteiger partial charge on any atom is -0.440 e. The van der Waals surface area contributed by atoms with Crippen LogP contribution in [-0.2, 0) is 6.42 Å². The molecule has 0 atom stereocenters. The molecule has 2 heterocycles. The van der Waals surface area contributed by atoms with E-state index in [2.05, 4.69) is 10.2 Å². The van der Waals surface area contributed by atoms with Gasteiger partial charge in [-0.15, -0.1) is 10.2 Å². The van der Waals surface area contributed by atoms with Crippen LogP contribution in [0.4, 0.5) is 0 Å². The van der Waals surface area contributed by atoms with Gasteiger partial charge in [-0.25, -0.2) is 0 Å². The molecule has 2 rings (SSSR count). The third kappa shape index (κ3) is 2.37. The first-order valence-electron chi connectivity index (χ1n) is 4.58. The lowest BCUT2D eigenvalue weighted by molar-refractivity contribution is 0.476. The Kier molecular flexibility index (Phi) is 3.03. The molecule has 0 aliphatic heterocycles. The monoisotopic (exact) mass is 227 g/mol. The predicted octanol–water partition coefficient (Wildman–Crippen LogP) is 1.87. The molecule has 0 spiro atoms. The summed E-state index contributed by atoms with van der Waals surface area (Å²) in [7, 11) is 0. The van der Waals surface area contributed by atoms with E-state index >= 15 is 0 Å². The Labute approximate surface area is 91.2 Å². The standard InChI is InChI=1S/C9H10ClN3O2/c10-7-4-3-6(14-7)9-13-12-8(15-9)2-1-5-11/h3-4H,1-2,5,11H2. The van der Waals surface area contributed by atoms with Gasteiger partial charge in [-0.05, 0) is 36.7 Å². The lowest BCUT2D eigenvalue weighted by Crippen LogP contribution is -2.00. The summed E-state index contributed by atoms with van der Waals surface area (Å²) in [5.41, 5.74) is 5.37. The Balaban J connectivity index is 2.13. The lowest BCUT2D eigenvalue weighted by atomic mass is 10.3. The van der Waals surface area contributed by atoms with E-state index in [9.17, 15) is 0 Å². The topological polar surface area (TPSA) is 78.1 Å². The first kappa shape index (κ1) is 10.2. The summed E-state index contributed by atoms with van der Waals surface area (Å²) in [5.74, 6) is 1.38. The summed E-state index contributed by atoms with van der Waals surface area (Å²) in [6, 6.07) is 3.31. The maximum absolute atomic E-state index is 5.63. The molecule has 2 aromatic rings. The van der Waals surface area contributed by atoms with Gasteiger partial charge < -0.3 is 14.6 Å². The number of furan rings is 1. The van der Waals surface area contributed by atoms with E-state index in [-0.39, 0.29) is 0 Å². The first-order chi connectivity index (χ1) is 7.29. The molecule has 5 nitrogen and oxygen atoms in total. The van der Waals surface area contributed by atoms with Crippen molar-refractivity contribution in [3.05, 3.63) is 23.2 Å². The van der Waals surface area contributed by atoms with Crippen LogP contribution in [0.1, 0.15) is 12.3 Å². The summed E-state index contributed by atoms with van der Waals surface area (Å²) in [6.45, 7) is 0.601. The zero-order chi connectivity index (χ0) is 10.7. The Morgan fingerprint density at radius 2 is 2.13 bits per heavy atom. The number of rotatable bonds is 4. The average Bonchev–Trinajstić information content (AvgIpc) is 2.83. The largest absolute Gasteiger partial charge is 0.440 e. The molecule has 0 bridgehead atoms. The van der Waals surface area contributed by atoms with Crippen molar-refractivity contribution in [2.24, 2.45) is 5.73 Å². The smallest absolute Gasteiger partial charge is 0.283 e. The third-order valence-electron chi connectivity index (χ3n) is 1.85. The van der Waals surface area contributed by atoms with Crippen molar-refractivity contribution in [2.45, 2.75) is 12.8 Å². The van der Waals surface area contributed by atoms with E-state index in [1.165, 1.54) is 0 Å². The van der Waals surface area contributed by atoms with Crippen LogP contribution in [0, 0.1) is 0 Å². The molecule has 0 amide bonds. The molecule has 0 radical (unpaired) electrons. The molecule has 15 heavy (non-hydrogen) atoms. The van der Waals surface area contributed by atoms with E-state index in [0.717, 1.165) is 6.42 Å². The number of halogens is 1. The Morgan fingerprint density at radius 3 is 2.80 bits per heavy atom. The van der Waals surface area contributed by atoms with E-state index in [1.54, 1.807) is 12.1 Å². The highest BCUT2D eigenvalue weighted by molar-refractivity contribution is 6.28. The highest BCUT2D eigenvalue weighted by atomic mass is 35.5. The molecule has 0 aromatic carbocycles. The van der Waals surface area contributed by atoms with Crippen LogP contribution in [0.5, 0.6) is 0 Å². The van der Waals surface area contributed by atoms with E-state index in [1.807, 2.05) is 0 Å². The van der Waals surface area contributed by atoms with Gasteiger partial charge in [0.15, 0.2) is 11.0 Å². The van der Waals surface area contributed by atoms with Crippen LogP contribution in [0.2, 0.25) is 5.22 Å². The second-order valence-electron chi connectivity index (χ2n) is 3.00. The summed E-state index contributed by atoms with van der Waals surface area (Å²) in [5, 5.41) is 8.00. The van der Waals surface area contributed by atoms with E-state index in [0.29, 0.717) is 35.7 Å². The van der Waals surface area contributed by atoms with Crippen molar-refractivity contribution in [3.8, 4) is 11.7 Å². The molecular weight excluding hydrogens is 218 g/mol. The van der Waals surface area contributed by atoms with Crippen LogP contribution >= 0.6 is 11.6 Å². The quantitative estimate of drug-likeness (QED) is 0.863. The maximum Gasteiger partial charge on any atom is 0.283 e. The van der Waals surface area contributed by atoms with Crippen molar-refractivity contribution < 1.29 is 8.83 Å². The van der Waals surface area contributed by atoms with Gasteiger partial charge in [0.25, 0.3) is 5.89 Å². The number of aryl methyl sites for hydroxylation is 1. The summed E-state index contributed by atoms with van der Waals surface area (Å²) >= 11 is 5.63. The summed E-state index contributed by atoms with van der Waals surface area (Å²) < 4.78 is 10.5. The highest BCUT2D eigenvalue weighted by Crippen LogP contribution is 2.23. The molecule has 0 aliphatic rings. The number of hydrogen-bond acceptors (Lipinski definition) is 5. The summed E-state index contributed by atoms with van der Waals surface area (Å²) in [6.07, 6.45) is 1.50. The van der Waals surface area contributed by atoms with Crippen molar-refractivity contribution in [3.63, 3.8) is 0 Å². The SMILES string of the molecule is NCCCc1nnc(-c2ccc(Cl)o2)o1. The van der Waals surface area contributed by atoms with Gasteiger partial charge in [0.2, 0.25) is 5.89 Å². The third-order valence-corrected chi connectivity index (χ3v) is 2.05. The fourth-order valence-corrected chi connectivity index (χ4v) is 1.28. The Morgan fingerprint density at radius 1 is 1.27 bits per heavy atom. The molecular formula is C9H10ClN3O2. The van der Waals surface area contributed by atoms with Gasteiger partial charge in [-0.1, -0.05) is 0 Å². The lowest BCUT2D eigenvalue weighted by Gasteiger charge is -1.89. The van der Waals surface area contributed by atoms with Crippen molar-refractivity contribution >= 4 is 11.6 Å². The molecule has 0 fully saturated rings. The van der Waals surface area contributed by atoms with Gasteiger partial charge in [-0.3, -0.25) is 0 Å².